The van der Waals surface area contributed by atoms with Crippen LogP contribution >= 0.6 is 0 Å². The first-order chi connectivity index (χ1) is 9.38. The lowest BCUT2D eigenvalue weighted by Gasteiger charge is -2.13. The van der Waals surface area contributed by atoms with Crippen LogP contribution in [0.5, 0.6) is 0 Å². The van der Waals surface area contributed by atoms with Gasteiger partial charge in [-0.2, -0.15) is 0 Å². The smallest absolute Gasteiger partial charge is 0.0416 e. The molecule has 0 unspecified atom stereocenters. The van der Waals surface area contributed by atoms with E-state index in [9.17, 15) is 0 Å². The quantitative estimate of drug-likeness (QED) is 0.689. The average molecular weight is 258 g/mol. The third kappa shape index (κ3) is 5.15. The Morgan fingerprint density at radius 2 is 2.11 bits per heavy atom. The van der Waals surface area contributed by atoms with Crippen molar-refractivity contribution in [1.82, 2.24) is 9.88 Å². The van der Waals surface area contributed by atoms with Crippen molar-refractivity contribution in [3.63, 3.8) is 0 Å². The van der Waals surface area contributed by atoms with Crippen LogP contribution in [0.4, 0.5) is 0 Å². The van der Waals surface area contributed by atoms with Crippen molar-refractivity contribution in [3.05, 3.63) is 35.7 Å². The van der Waals surface area contributed by atoms with Gasteiger partial charge in [-0.15, -0.1) is 0 Å². The van der Waals surface area contributed by atoms with Gasteiger partial charge < -0.3 is 4.90 Å². The highest BCUT2D eigenvalue weighted by Crippen LogP contribution is 2.09. The molecular weight excluding hydrogens is 232 g/mol. The fourth-order valence-electron chi connectivity index (χ4n) is 2.50. The van der Waals surface area contributed by atoms with Crippen LogP contribution in [0.1, 0.15) is 50.3 Å². The Bertz CT molecular complexity index is 375. The summed E-state index contributed by atoms with van der Waals surface area (Å²) in [6, 6.07) is 4.37. The van der Waals surface area contributed by atoms with Gasteiger partial charge in [0, 0.05) is 24.9 Å². The Morgan fingerprint density at radius 3 is 2.79 bits per heavy atom. The van der Waals surface area contributed by atoms with Crippen LogP contribution < -0.4 is 0 Å². The number of nitrogens with zero attached hydrogens (tertiary/aromatic N) is 2. The first-order valence-electron chi connectivity index (χ1n) is 7.72. The lowest BCUT2D eigenvalue weighted by Crippen LogP contribution is -2.22. The molecule has 19 heavy (non-hydrogen) atoms. The van der Waals surface area contributed by atoms with Crippen molar-refractivity contribution in [2.45, 2.75) is 45.4 Å². The van der Waals surface area contributed by atoms with E-state index in [4.69, 9.17) is 0 Å². The summed E-state index contributed by atoms with van der Waals surface area (Å²) in [6.07, 6.45) is 14.0. The summed E-state index contributed by atoms with van der Waals surface area (Å²) in [7, 11) is 0. The minimum absolute atomic E-state index is 1.08. The van der Waals surface area contributed by atoms with E-state index >= 15 is 0 Å². The van der Waals surface area contributed by atoms with Crippen molar-refractivity contribution in [2.24, 2.45) is 0 Å². The van der Waals surface area contributed by atoms with Crippen LogP contribution in [0.2, 0.25) is 0 Å². The Hall–Kier alpha value is -1.15. The van der Waals surface area contributed by atoms with E-state index in [2.05, 4.69) is 41.1 Å². The van der Waals surface area contributed by atoms with Gasteiger partial charge in [0.15, 0.2) is 0 Å². The number of rotatable bonds is 7. The molecule has 1 fully saturated rings. The predicted octanol–water partition coefficient (Wildman–Crippen LogP) is 3.92. The highest BCUT2D eigenvalue weighted by molar-refractivity contribution is 5.47. The van der Waals surface area contributed by atoms with E-state index < -0.39 is 0 Å². The van der Waals surface area contributed by atoms with Crippen LogP contribution in [0.3, 0.4) is 0 Å². The average Bonchev–Trinajstić information content (AvgIpc) is 2.96. The number of allylic oxidation sites excluding steroid dienone is 1. The fraction of sp³-hybridized carbons (Fsp3) is 0.588. The Balaban J connectivity index is 1.75. The summed E-state index contributed by atoms with van der Waals surface area (Å²) in [5.41, 5.74) is 2.44. The zero-order valence-electron chi connectivity index (χ0n) is 12.1. The molecule has 1 aliphatic rings. The first-order valence-corrected chi connectivity index (χ1v) is 7.72. The maximum Gasteiger partial charge on any atom is 0.0416 e. The summed E-state index contributed by atoms with van der Waals surface area (Å²) < 4.78 is 0. The van der Waals surface area contributed by atoms with Crippen molar-refractivity contribution in [1.29, 1.82) is 0 Å². The molecule has 0 spiro atoms. The molecule has 2 nitrogen and oxygen atoms in total. The molecule has 0 N–H and O–H groups in total. The number of pyridine rings is 1. The molecule has 1 saturated heterocycles. The van der Waals surface area contributed by atoms with Crippen molar-refractivity contribution in [3.8, 4) is 0 Å². The SMILES string of the molecule is CCCCC=Cc1ccc(CCN2CCCC2)nc1. The molecule has 1 aliphatic heterocycles. The van der Waals surface area contributed by atoms with Gasteiger partial charge in [0.05, 0.1) is 0 Å². The van der Waals surface area contributed by atoms with Gasteiger partial charge in [-0.3, -0.25) is 4.98 Å². The second-order valence-corrected chi connectivity index (χ2v) is 5.43. The van der Waals surface area contributed by atoms with Gasteiger partial charge in [-0.1, -0.05) is 38.0 Å². The molecule has 104 valence electrons. The van der Waals surface area contributed by atoms with Crippen LogP contribution in [0.15, 0.2) is 24.4 Å². The third-order valence-corrected chi connectivity index (χ3v) is 3.77. The van der Waals surface area contributed by atoms with E-state index in [1.807, 2.05) is 6.20 Å². The molecule has 2 heterocycles. The number of likely N-dealkylation sites (tertiary alicyclic amines) is 1. The second kappa shape index (κ2) is 8.11. The van der Waals surface area contributed by atoms with Gasteiger partial charge in [0.25, 0.3) is 0 Å². The molecule has 2 heteroatoms. The lowest BCUT2D eigenvalue weighted by atomic mass is 10.2. The summed E-state index contributed by atoms with van der Waals surface area (Å²) >= 11 is 0. The van der Waals surface area contributed by atoms with E-state index in [-0.39, 0.29) is 0 Å². The van der Waals surface area contributed by atoms with Crippen LogP contribution in [-0.4, -0.2) is 29.5 Å². The van der Waals surface area contributed by atoms with Crippen LogP contribution in [-0.2, 0) is 6.42 Å². The summed E-state index contributed by atoms with van der Waals surface area (Å²) in [5.74, 6) is 0. The lowest BCUT2D eigenvalue weighted by molar-refractivity contribution is 0.342. The largest absolute Gasteiger partial charge is 0.303 e. The summed E-state index contributed by atoms with van der Waals surface area (Å²) in [5, 5.41) is 0. The predicted molar refractivity (Wildman–Crippen MR) is 82.2 cm³/mol. The molecule has 1 aromatic heterocycles. The molecule has 0 saturated carbocycles. The molecule has 0 radical (unpaired) electrons. The number of hydrogen-bond acceptors (Lipinski definition) is 2. The zero-order chi connectivity index (χ0) is 13.3. The minimum Gasteiger partial charge on any atom is -0.303 e. The van der Waals surface area contributed by atoms with E-state index in [1.54, 1.807) is 0 Å². The van der Waals surface area contributed by atoms with Gasteiger partial charge in [0.1, 0.15) is 0 Å². The number of hydrogen-bond donors (Lipinski definition) is 0. The topological polar surface area (TPSA) is 16.1 Å². The first kappa shape index (κ1) is 14.3. The van der Waals surface area contributed by atoms with Gasteiger partial charge >= 0.3 is 0 Å². The van der Waals surface area contributed by atoms with E-state index in [1.165, 1.54) is 63.0 Å². The van der Waals surface area contributed by atoms with E-state index in [0.29, 0.717) is 0 Å². The summed E-state index contributed by atoms with van der Waals surface area (Å²) in [6.45, 7) is 5.94. The monoisotopic (exact) mass is 258 g/mol. The van der Waals surface area contributed by atoms with Gasteiger partial charge in [0.2, 0.25) is 0 Å². The Labute approximate surface area is 117 Å². The minimum atomic E-state index is 1.08. The molecular formula is C17H26N2. The highest BCUT2D eigenvalue weighted by Gasteiger charge is 2.10. The maximum atomic E-state index is 4.56. The van der Waals surface area contributed by atoms with Crippen LogP contribution in [0.25, 0.3) is 6.08 Å². The molecule has 0 bridgehead atoms. The van der Waals surface area contributed by atoms with Gasteiger partial charge in [-0.25, -0.2) is 0 Å². The Morgan fingerprint density at radius 1 is 1.26 bits per heavy atom. The fourth-order valence-corrected chi connectivity index (χ4v) is 2.50. The van der Waals surface area contributed by atoms with Crippen LogP contribution in [0, 0.1) is 0 Å². The highest BCUT2D eigenvalue weighted by atomic mass is 15.1. The second-order valence-electron chi connectivity index (χ2n) is 5.43. The third-order valence-electron chi connectivity index (χ3n) is 3.77. The molecule has 2 rings (SSSR count). The summed E-state index contributed by atoms with van der Waals surface area (Å²) in [4.78, 5) is 7.10. The van der Waals surface area contributed by atoms with E-state index in [0.717, 1.165) is 6.42 Å². The molecule has 0 atom stereocenters. The Kier molecular flexibility index (Phi) is 6.09. The standard InChI is InChI=1S/C17H26N2/c1-2-3-4-5-8-16-9-10-17(18-15-16)11-14-19-12-6-7-13-19/h5,8-10,15H,2-4,6-7,11-14H2,1H3. The van der Waals surface area contributed by atoms with Gasteiger partial charge in [-0.05, 0) is 44.0 Å². The van der Waals surface area contributed by atoms with Crippen molar-refractivity contribution < 1.29 is 0 Å². The molecule has 1 aromatic rings. The zero-order valence-corrected chi connectivity index (χ0v) is 12.1. The number of aromatic nitrogens is 1. The molecule has 0 aliphatic carbocycles. The molecule has 0 amide bonds. The van der Waals surface area contributed by atoms with Crippen molar-refractivity contribution >= 4 is 6.08 Å². The normalized spacial score (nSPS) is 16.5. The van der Waals surface area contributed by atoms with Crippen molar-refractivity contribution in [2.75, 3.05) is 19.6 Å². The maximum absolute atomic E-state index is 4.56. The molecule has 0 aromatic carbocycles. The number of unbranched alkanes of at least 4 members (excludes halogenated alkanes) is 2.